The maximum absolute atomic E-state index is 12.9. The van der Waals surface area contributed by atoms with E-state index in [1.54, 1.807) is 18.1 Å². The summed E-state index contributed by atoms with van der Waals surface area (Å²) in [5.74, 6) is 0.386. The van der Waals surface area contributed by atoms with E-state index in [0.717, 1.165) is 43.4 Å². The molecule has 3 amide bonds. The average Bonchev–Trinajstić information content (AvgIpc) is 2.97. The second kappa shape index (κ2) is 10.7. The number of carbonyl (C=O) groups excluding carboxylic acids is 3. The third-order valence-electron chi connectivity index (χ3n) is 7.33. The molecule has 0 bridgehead atoms. The molecular weight excluding hydrogens is 422 g/mol. The number of nitrogens with two attached hydrogens (primary N) is 1. The molecule has 1 saturated heterocycles. The van der Waals surface area contributed by atoms with Gasteiger partial charge in [0.1, 0.15) is 17.9 Å². The molecule has 2 aliphatic heterocycles. The Morgan fingerprint density at radius 1 is 1.15 bits per heavy atom. The molecule has 2 unspecified atom stereocenters. The van der Waals surface area contributed by atoms with E-state index < -0.39 is 11.9 Å². The minimum atomic E-state index is -0.602. The van der Waals surface area contributed by atoms with Crippen molar-refractivity contribution in [3.63, 3.8) is 0 Å². The highest BCUT2D eigenvalue weighted by Crippen LogP contribution is 2.34. The maximum Gasteiger partial charge on any atom is 0.255 e. The van der Waals surface area contributed by atoms with Crippen LogP contribution in [0.5, 0.6) is 5.75 Å². The lowest BCUT2D eigenvalue weighted by Gasteiger charge is -2.29. The lowest BCUT2D eigenvalue weighted by Crippen LogP contribution is -2.52. The van der Waals surface area contributed by atoms with E-state index in [2.05, 4.69) is 5.32 Å². The summed E-state index contributed by atoms with van der Waals surface area (Å²) in [6.45, 7) is 0.884. The molecule has 8 nitrogen and oxygen atoms in total. The van der Waals surface area contributed by atoms with Crippen molar-refractivity contribution in [2.24, 2.45) is 11.7 Å². The third-order valence-corrected chi connectivity index (χ3v) is 7.33. The van der Waals surface area contributed by atoms with Gasteiger partial charge in [0.15, 0.2) is 0 Å². The van der Waals surface area contributed by atoms with E-state index in [-0.39, 0.29) is 30.4 Å². The second-order valence-electron chi connectivity index (χ2n) is 9.44. The van der Waals surface area contributed by atoms with Crippen molar-refractivity contribution >= 4 is 17.7 Å². The Hall–Kier alpha value is -2.45. The first kappa shape index (κ1) is 23.7. The van der Waals surface area contributed by atoms with Crippen molar-refractivity contribution < 1.29 is 23.9 Å². The van der Waals surface area contributed by atoms with Gasteiger partial charge in [-0.25, -0.2) is 0 Å². The number of carbonyl (C=O) groups is 3. The summed E-state index contributed by atoms with van der Waals surface area (Å²) < 4.78 is 12.0. The van der Waals surface area contributed by atoms with Gasteiger partial charge >= 0.3 is 0 Å². The van der Waals surface area contributed by atoms with Gasteiger partial charge in [0, 0.05) is 32.2 Å². The lowest BCUT2D eigenvalue weighted by molar-refractivity contribution is -0.136. The minimum absolute atomic E-state index is 0.0816. The van der Waals surface area contributed by atoms with Crippen molar-refractivity contribution in [1.82, 2.24) is 10.2 Å². The molecule has 1 aliphatic carbocycles. The smallest absolute Gasteiger partial charge is 0.255 e. The molecule has 2 heterocycles. The average molecular weight is 458 g/mol. The topological polar surface area (TPSA) is 111 Å². The molecule has 33 heavy (non-hydrogen) atoms. The summed E-state index contributed by atoms with van der Waals surface area (Å²) in [5.41, 5.74) is 7.28. The SMILES string of the molecule is COC(CN)CC[C@@H]1CCCCC[C@H]1Oc1ccc2c(c1)CN(C1CCC(=O)NC1=O)C2=O. The number of ether oxygens (including phenoxy) is 2. The number of fused-ring (bicyclic) bond motifs is 1. The fourth-order valence-corrected chi connectivity index (χ4v) is 5.37. The number of rotatable bonds is 8. The van der Waals surface area contributed by atoms with Gasteiger partial charge in [-0.3, -0.25) is 19.7 Å². The van der Waals surface area contributed by atoms with E-state index in [9.17, 15) is 14.4 Å². The van der Waals surface area contributed by atoms with E-state index in [1.807, 2.05) is 12.1 Å². The van der Waals surface area contributed by atoms with Crippen LogP contribution in [0.25, 0.3) is 0 Å². The van der Waals surface area contributed by atoms with Crippen LogP contribution in [0.3, 0.4) is 0 Å². The fourth-order valence-electron chi connectivity index (χ4n) is 5.37. The Morgan fingerprint density at radius 2 is 1.97 bits per heavy atom. The van der Waals surface area contributed by atoms with Crippen LogP contribution >= 0.6 is 0 Å². The highest BCUT2D eigenvalue weighted by molar-refractivity contribution is 6.05. The highest BCUT2D eigenvalue weighted by atomic mass is 16.5. The van der Waals surface area contributed by atoms with Crippen LogP contribution in [0.4, 0.5) is 0 Å². The zero-order valence-electron chi connectivity index (χ0n) is 19.4. The number of nitrogens with one attached hydrogen (secondary N) is 1. The van der Waals surface area contributed by atoms with Crippen LogP contribution in [-0.4, -0.2) is 54.5 Å². The van der Waals surface area contributed by atoms with E-state index in [0.29, 0.717) is 31.0 Å². The Labute approximate surface area is 195 Å². The maximum atomic E-state index is 12.9. The summed E-state index contributed by atoms with van der Waals surface area (Å²) in [7, 11) is 1.71. The van der Waals surface area contributed by atoms with E-state index in [4.69, 9.17) is 15.2 Å². The third kappa shape index (κ3) is 5.38. The van der Waals surface area contributed by atoms with Crippen molar-refractivity contribution in [3.05, 3.63) is 29.3 Å². The second-order valence-corrected chi connectivity index (χ2v) is 9.44. The molecule has 0 radical (unpaired) electrons. The Balaban J connectivity index is 1.44. The molecule has 0 spiro atoms. The number of benzene rings is 1. The van der Waals surface area contributed by atoms with E-state index in [1.165, 1.54) is 12.8 Å². The van der Waals surface area contributed by atoms with Gasteiger partial charge in [0.2, 0.25) is 11.8 Å². The zero-order chi connectivity index (χ0) is 23.4. The van der Waals surface area contributed by atoms with E-state index >= 15 is 0 Å². The van der Waals surface area contributed by atoms with Gasteiger partial charge in [-0.05, 0) is 68.2 Å². The molecule has 2 fully saturated rings. The van der Waals surface area contributed by atoms with Crippen LogP contribution < -0.4 is 15.8 Å². The molecule has 0 aromatic heterocycles. The van der Waals surface area contributed by atoms with Crippen molar-refractivity contribution in [3.8, 4) is 5.75 Å². The van der Waals surface area contributed by atoms with Gasteiger partial charge in [0.25, 0.3) is 5.91 Å². The van der Waals surface area contributed by atoms with Crippen molar-refractivity contribution in [2.75, 3.05) is 13.7 Å². The summed E-state index contributed by atoms with van der Waals surface area (Å²) >= 11 is 0. The van der Waals surface area contributed by atoms with Gasteiger partial charge < -0.3 is 20.1 Å². The quantitative estimate of drug-likeness (QED) is 0.458. The number of amides is 3. The lowest BCUT2D eigenvalue weighted by atomic mass is 9.91. The summed E-state index contributed by atoms with van der Waals surface area (Å²) in [5, 5.41) is 2.34. The number of imide groups is 1. The van der Waals surface area contributed by atoms with Crippen LogP contribution in [0.2, 0.25) is 0 Å². The number of piperidine rings is 1. The normalized spacial score (nSPS) is 26.5. The predicted molar refractivity (Wildman–Crippen MR) is 123 cm³/mol. The van der Waals surface area contributed by atoms with Crippen molar-refractivity contribution in [2.45, 2.75) is 82.6 Å². The molecule has 3 aliphatic rings. The number of hydrogen-bond acceptors (Lipinski definition) is 6. The summed E-state index contributed by atoms with van der Waals surface area (Å²) in [6.07, 6.45) is 8.52. The van der Waals surface area contributed by atoms with Gasteiger partial charge in [-0.2, -0.15) is 0 Å². The first-order valence-corrected chi connectivity index (χ1v) is 12.2. The first-order chi connectivity index (χ1) is 16.0. The molecule has 8 heteroatoms. The van der Waals surface area contributed by atoms with Gasteiger partial charge in [-0.1, -0.05) is 12.8 Å². The first-order valence-electron chi connectivity index (χ1n) is 12.2. The molecular formula is C25H35N3O5. The standard InChI is InChI=1S/C25H35N3O5/c1-32-19(14-26)8-7-16-5-3-2-4-6-22(16)33-18-9-10-20-17(13-18)15-28(25(20)31)21-11-12-23(29)27-24(21)30/h9-10,13,16,19,21-22H,2-8,11-12,14-15,26H2,1H3,(H,27,29,30)/t16-,19?,21?,22+/m0/s1. The number of nitrogens with zero attached hydrogens (tertiary/aromatic N) is 1. The molecule has 4 atom stereocenters. The monoisotopic (exact) mass is 457 g/mol. The minimum Gasteiger partial charge on any atom is -0.490 e. The molecule has 1 saturated carbocycles. The Kier molecular flexibility index (Phi) is 7.65. The van der Waals surface area contributed by atoms with Gasteiger partial charge in [-0.15, -0.1) is 0 Å². The summed E-state index contributed by atoms with van der Waals surface area (Å²) in [4.78, 5) is 38.2. The number of hydrogen-bond donors (Lipinski definition) is 2. The predicted octanol–water partition coefficient (Wildman–Crippen LogP) is 2.53. The summed E-state index contributed by atoms with van der Waals surface area (Å²) in [6, 6.07) is 5.01. The van der Waals surface area contributed by atoms with Crippen molar-refractivity contribution in [1.29, 1.82) is 0 Å². The molecule has 180 valence electrons. The van der Waals surface area contributed by atoms with Crippen LogP contribution in [0, 0.1) is 5.92 Å². The van der Waals surface area contributed by atoms with Crippen LogP contribution in [0.1, 0.15) is 73.7 Å². The molecule has 1 aromatic rings. The molecule has 4 rings (SSSR count). The van der Waals surface area contributed by atoms with Crippen LogP contribution in [0.15, 0.2) is 18.2 Å². The fraction of sp³-hybridized carbons (Fsp3) is 0.640. The van der Waals surface area contributed by atoms with Crippen LogP contribution in [-0.2, 0) is 20.9 Å². The Bertz CT molecular complexity index is 885. The molecule has 1 aromatic carbocycles. The zero-order valence-corrected chi connectivity index (χ0v) is 19.4. The molecule has 3 N–H and O–H groups in total. The largest absolute Gasteiger partial charge is 0.490 e. The Morgan fingerprint density at radius 3 is 2.73 bits per heavy atom. The highest BCUT2D eigenvalue weighted by Gasteiger charge is 2.39. The number of methoxy groups -OCH3 is 1. The van der Waals surface area contributed by atoms with Gasteiger partial charge in [0.05, 0.1) is 6.10 Å².